The van der Waals surface area contributed by atoms with Crippen LogP contribution in [0.1, 0.15) is 27.7 Å². The van der Waals surface area contributed by atoms with Gasteiger partial charge in [-0.3, -0.25) is 19.2 Å². The summed E-state index contributed by atoms with van der Waals surface area (Å²) in [6, 6.07) is 0. The van der Waals surface area contributed by atoms with Gasteiger partial charge >= 0.3 is 35.8 Å². The molecule has 34 heavy (non-hydrogen) atoms. The van der Waals surface area contributed by atoms with Crippen LogP contribution in [0.3, 0.4) is 0 Å². The number of methoxy groups -OCH3 is 4. The highest BCUT2D eigenvalue weighted by atomic mass is 16.6. The third kappa shape index (κ3) is 3.33. The summed E-state index contributed by atoms with van der Waals surface area (Å²) in [7, 11) is 4.39. The summed E-state index contributed by atoms with van der Waals surface area (Å²) in [5.41, 5.74) is -6.42. The SMILES string of the molecule is COC(=O)COC(=O)[C@H]1C(C)(C)[C@]1(C(=O)OC)[C@]1(C(=O)OCC(=O)OC)[C@@H](C(=O)OC)C1(C)C. The Kier molecular flexibility index (Phi) is 7.07. The Balaban J connectivity index is 2.67. The van der Waals surface area contributed by atoms with Crippen molar-refractivity contribution < 1.29 is 57.2 Å². The topological polar surface area (TPSA) is 158 Å². The molecule has 0 radical (unpaired) electrons. The number of esters is 6. The lowest BCUT2D eigenvalue weighted by molar-refractivity contribution is -0.175. The van der Waals surface area contributed by atoms with Crippen molar-refractivity contribution in [2.75, 3.05) is 41.7 Å². The molecule has 2 aliphatic rings. The molecule has 0 N–H and O–H groups in total. The van der Waals surface area contributed by atoms with E-state index >= 15 is 0 Å². The lowest BCUT2D eigenvalue weighted by Crippen LogP contribution is -2.45. The van der Waals surface area contributed by atoms with E-state index < -0.39 is 82.5 Å². The van der Waals surface area contributed by atoms with E-state index in [2.05, 4.69) is 9.47 Å². The van der Waals surface area contributed by atoms with E-state index in [0.29, 0.717) is 0 Å². The van der Waals surface area contributed by atoms with Crippen molar-refractivity contribution in [3.63, 3.8) is 0 Å². The fraction of sp³-hybridized carbons (Fsp3) is 0.727. The summed E-state index contributed by atoms with van der Waals surface area (Å²) >= 11 is 0. The predicted molar refractivity (Wildman–Crippen MR) is 109 cm³/mol. The van der Waals surface area contributed by atoms with E-state index in [1.54, 1.807) is 13.8 Å². The summed E-state index contributed by atoms with van der Waals surface area (Å²) < 4.78 is 29.1. The van der Waals surface area contributed by atoms with Gasteiger partial charge in [-0.1, -0.05) is 27.7 Å². The van der Waals surface area contributed by atoms with Gasteiger partial charge in [0.1, 0.15) is 10.8 Å². The Labute approximate surface area is 196 Å². The molecule has 0 aromatic rings. The minimum Gasteiger partial charge on any atom is -0.469 e. The smallest absolute Gasteiger partial charge is 0.344 e. The van der Waals surface area contributed by atoms with Crippen LogP contribution in [0.4, 0.5) is 0 Å². The molecule has 2 saturated carbocycles. The summed E-state index contributed by atoms with van der Waals surface area (Å²) in [6.07, 6.45) is 0. The monoisotopic (exact) mass is 486 g/mol. The highest BCUT2D eigenvalue weighted by Crippen LogP contribution is 2.90. The molecule has 0 saturated heterocycles. The second-order valence-electron chi connectivity index (χ2n) is 9.28. The van der Waals surface area contributed by atoms with Crippen LogP contribution in [0.2, 0.25) is 0 Å². The highest BCUT2D eigenvalue weighted by molar-refractivity contribution is 6.06. The lowest BCUT2D eigenvalue weighted by Gasteiger charge is -2.30. The second kappa shape index (κ2) is 8.88. The second-order valence-corrected chi connectivity index (χ2v) is 9.28. The fourth-order valence-corrected chi connectivity index (χ4v) is 5.87. The molecule has 12 nitrogen and oxygen atoms in total. The molecule has 0 aromatic heterocycles. The maximum Gasteiger partial charge on any atom is 0.344 e. The molecule has 0 amide bonds. The first kappa shape index (κ1) is 27.1. The van der Waals surface area contributed by atoms with E-state index in [-0.39, 0.29) is 0 Å². The first-order chi connectivity index (χ1) is 15.7. The maximum atomic E-state index is 13.6. The zero-order chi connectivity index (χ0) is 26.3. The van der Waals surface area contributed by atoms with Crippen LogP contribution in [0.5, 0.6) is 0 Å². The summed E-state index contributed by atoms with van der Waals surface area (Å²) in [4.78, 5) is 75.9. The average Bonchev–Trinajstić information content (AvgIpc) is 3.55. The molecule has 0 unspecified atom stereocenters. The van der Waals surface area contributed by atoms with Crippen molar-refractivity contribution in [3.05, 3.63) is 0 Å². The van der Waals surface area contributed by atoms with Crippen LogP contribution in [0, 0.1) is 33.5 Å². The minimum absolute atomic E-state index is 0.719. The predicted octanol–water partition coefficient (Wildman–Crippen LogP) is 0.0496. The summed E-state index contributed by atoms with van der Waals surface area (Å²) in [5, 5.41) is 0. The number of carbonyl (C=O) groups excluding carboxylic acids is 6. The molecule has 4 atom stereocenters. The zero-order valence-corrected chi connectivity index (χ0v) is 20.5. The number of ether oxygens (including phenoxy) is 6. The Bertz CT molecular complexity index is 919. The Hall–Kier alpha value is -3.18. The van der Waals surface area contributed by atoms with Gasteiger partial charge in [0, 0.05) is 0 Å². The van der Waals surface area contributed by atoms with Crippen LogP contribution in [-0.4, -0.2) is 77.5 Å². The van der Waals surface area contributed by atoms with Crippen LogP contribution in [0.25, 0.3) is 0 Å². The van der Waals surface area contributed by atoms with Gasteiger partial charge in [0.15, 0.2) is 13.2 Å². The van der Waals surface area contributed by atoms with E-state index in [1.165, 1.54) is 13.8 Å². The van der Waals surface area contributed by atoms with Gasteiger partial charge < -0.3 is 28.4 Å². The van der Waals surface area contributed by atoms with Crippen LogP contribution >= 0.6 is 0 Å². The van der Waals surface area contributed by atoms with Gasteiger partial charge in [0.2, 0.25) is 0 Å². The Morgan fingerprint density at radius 1 is 0.559 bits per heavy atom. The molecule has 0 bridgehead atoms. The third-order valence-electron chi connectivity index (χ3n) is 7.41. The molecular formula is C22H30O12. The maximum absolute atomic E-state index is 13.6. The van der Waals surface area contributed by atoms with Crippen LogP contribution in [0.15, 0.2) is 0 Å². The Morgan fingerprint density at radius 2 is 0.971 bits per heavy atom. The summed E-state index contributed by atoms with van der Waals surface area (Å²) in [6.45, 7) is 4.66. The minimum atomic E-state index is -1.95. The average molecular weight is 486 g/mol. The van der Waals surface area contributed by atoms with Gasteiger partial charge in [-0.15, -0.1) is 0 Å². The molecule has 2 rings (SSSR count). The van der Waals surface area contributed by atoms with Gasteiger partial charge in [0.25, 0.3) is 0 Å². The molecule has 0 aliphatic heterocycles. The summed E-state index contributed by atoms with van der Waals surface area (Å²) in [5.74, 6) is -8.01. The first-order valence-corrected chi connectivity index (χ1v) is 10.3. The molecule has 0 spiro atoms. The molecule has 190 valence electrons. The van der Waals surface area contributed by atoms with E-state index in [1.807, 2.05) is 0 Å². The van der Waals surface area contributed by atoms with Gasteiger partial charge in [0.05, 0.1) is 40.3 Å². The molecular weight excluding hydrogens is 456 g/mol. The fourth-order valence-electron chi connectivity index (χ4n) is 5.87. The van der Waals surface area contributed by atoms with Crippen LogP contribution < -0.4 is 0 Å². The molecule has 2 fully saturated rings. The quantitative estimate of drug-likeness (QED) is 0.319. The number of hydrogen-bond acceptors (Lipinski definition) is 12. The third-order valence-corrected chi connectivity index (χ3v) is 7.41. The standard InChI is InChI=1S/C22H30O12/c1-19(2)13(15(25)31-7)22(19,18(28)34-10-12(24)30-6)21(17(27)32-8)14(20(21,3)4)16(26)33-9-11(23)29-5/h13-14H,9-10H2,1-8H3/t13-,14-,21-,22-/m0/s1. The van der Waals surface area contributed by atoms with Gasteiger partial charge in [-0.25, -0.2) is 9.59 Å². The highest BCUT2D eigenvalue weighted by Gasteiger charge is 3.00. The van der Waals surface area contributed by atoms with Crippen LogP contribution in [-0.2, 0) is 57.2 Å². The van der Waals surface area contributed by atoms with Gasteiger partial charge in [-0.05, 0) is 10.8 Å². The van der Waals surface area contributed by atoms with Crippen molar-refractivity contribution in [3.8, 4) is 0 Å². The largest absolute Gasteiger partial charge is 0.469 e. The van der Waals surface area contributed by atoms with Crippen molar-refractivity contribution >= 4 is 35.8 Å². The van der Waals surface area contributed by atoms with Gasteiger partial charge in [-0.2, -0.15) is 0 Å². The Morgan fingerprint density at radius 3 is 1.38 bits per heavy atom. The molecule has 12 heteroatoms. The van der Waals surface area contributed by atoms with Crippen molar-refractivity contribution in [1.29, 1.82) is 0 Å². The van der Waals surface area contributed by atoms with E-state index in [4.69, 9.17) is 18.9 Å². The van der Waals surface area contributed by atoms with Crippen molar-refractivity contribution in [2.45, 2.75) is 27.7 Å². The normalized spacial score (nSPS) is 29.6. The van der Waals surface area contributed by atoms with Crippen molar-refractivity contribution in [2.24, 2.45) is 33.5 Å². The number of hydrogen-bond donors (Lipinski definition) is 0. The van der Waals surface area contributed by atoms with E-state index in [0.717, 1.165) is 28.4 Å². The van der Waals surface area contributed by atoms with Crippen molar-refractivity contribution in [1.82, 2.24) is 0 Å². The first-order valence-electron chi connectivity index (χ1n) is 10.3. The number of rotatable bonds is 9. The number of carbonyl (C=O) groups is 6. The van der Waals surface area contributed by atoms with E-state index in [9.17, 15) is 28.8 Å². The molecule has 2 aliphatic carbocycles. The molecule has 0 heterocycles. The molecule has 0 aromatic carbocycles. The lowest BCUT2D eigenvalue weighted by atomic mass is 9.73. The zero-order valence-electron chi connectivity index (χ0n) is 20.5.